The molecule has 1 fully saturated rings. The van der Waals surface area contributed by atoms with Crippen LogP contribution in [0.1, 0.15) is 67.9 Å². The highest BCUT2D eigenvalue weighted by Gasteiger charge is 2.56. The lowest BCUT2D eigenvalue weighted by atomic mass is 9.70. The maximum absolute atomic E-state index is 13.6. The molecule has 7 nitrogen and oxygen atoms in total. The Kier molecular flexibility index (Phi) is 4.52. The number of carbonyl (C=O) groups is 3. The number of ketones is 3. The third-order valence-electron chi connectivity index (χ3n) is 6.54. The Morgan fingerprint density at radius 2 is 1.80 bits per heavy atom. The summed E-state index contributed by atoms with van der Waals surface area (Å²) in [6.45, 7) is 6.01. The molecule has 1 atom stereocenters. The second kappa shape index (κ2) is 6.72. The number of benzene rings is 1. The molecular weight excluding hydrogens is 386 g/mol. The van der Waals surface area contributed by atoms with Crippen molar-refractivity contribution < 1.29 is 29.3 Å². The quantitative estimate of drug-likeness (QED) is 0.398. The van der Waals surface area contributed by atoms with Crippen LogP contribution in [0.15, 0.2) is 23.1 Å². The summed E-state index contributed by atoms with van der Waals surface area (Å²) in [5, 5.41) is 24.5. The van der Waals surface area contributed by atoms with E-state index in [0.717, 1.165) is 25.7 Å². The molecule has 1 aromatic carbocycles. The zero-order chi connectivity index (χ0) is 22.0. The number of fused-ring (bicyclic) bond motifs is 3. The normalized spacial score (nSPS) is 24.9. The van der Waals surface area contributed by atoms with E-state index in [4.69, 9.17) is 4.74 Å². The lowest BCUT2D eigenvalue weighted by Gasteiger charge is -2.29. The minimum Gasteiger partial charge on any atom is -0.507 e. The molecule has 0 saturated heterocycles. The van der Waals surface area contributed by atoms with Crippen molar-refractivity contribution in [3.05, 3.63) is 39.8 Å². The lowest BCUT2D eigenvalue weighted by Crippen LogP contribution is -2.41. The van der Waals surface area contributed by atoms with E-state index in [1.807, 2.05) is 0 Å². The van der Waals surface area contributed by atoms with Crippen molar-refractivity contribution in [1.82, 2.24) is 5.32 Å². The van der Waals surface area contributed by atoms with Gasteiger partial charge in [-0.05, 0) is 40.5 Å². The molecule has 2 aliphatic carbocycles. The van der Waals surface area contributed by atoms with Crippen LogP contribution in [0.4, 0.5) is 0 Å². The van der Waals surface area contributed by atoms with Gasteiger partial charge in [0, 0.05) is 23.4 Å². The Morgan fingerprint density at radius 1 is 1.17 bits per heavy atom. The maximum Gasteiger partial charge on any atom is 0.194 e. The number of hydrogen-bond acceptors (Lipinski definition) is 7. The van der Waals surface area contributed by atoms with Crippen LogP contribution in [0, 0.1) is 6.92 Å². The first-order valence-electron chi connectivity index (χ1n) is 10.2. The first-order chi connectivity index (χ1) is 14.1. The molecule has 0 spiro atoms. The van der Waals surface area contributed by atoms with Crippen LogP contribution in [0.2, 0.25) is 0 Å². The number of hydrogen-bond donors (Lipinski definition) is 3. The van der Waals surface area contributed by atoms with Gasteiger partial charge in [-0.3, -0.25) is 14.4 Å². The lowest BCUT2D eigenvalue weighted by molar-refractivity contribution is -0.123. The predicted octanol–water partition coefficient (Wildman–Crippen LogP) is 3.10. The van der Waals surface area contributed by atoms with Gasteiger partial charge in [0.25, 0.3) is 0 Å². The van der Waals surface area contributed by atoms with E-state index >= 15 is 0 Å². The van der Waals surface area contributed by atoms with Crippen LogP contribution in [-0.4, -0.2) is 33.6 Å². The molecule has 0 radical (unpaired) electrons. The highest BCUT2D eigenvalue weighted by Crippen LogP contribution is 2.57. The summed E-state index contributed by atoms with van der Waals surface area (Å²) in [7, 11) is 0. The Bertz CT molecular complexity index is 1070. The largest absolute Gasteiger partial charge is 0.507 e. The molecular formula is C23H25NO6. The average Bonchev–Trinajstić information content (AvgIpc) is 3.26. The number of nitrogens with one attached hydrogen (secondary N) is 1. The summed E-state index contributed by atoms with van der Waals surface area (Å²) in [6, 6.07) is 0.223. The summed E-state index contributed by atoms with van der Waals surface area (Å²) >= 11 is 0. The van der Waals surface area contributed by atoms with Crippen LogP contribution in [0.3, 0.4) is 0 Å². The fourth-order valence-corrected chi connectivity index (χ4v) is 4.81. The Labute approximate surface area is 174 Å². The predicted molar refractivity (Wildman–Crippen MR) is 109 cm³/mol. The minimum atomic E-state index is -1.47. The summed E-state index contributed by atoms with van der Waals surface area (Å²) in [4.78, 5) is 38.7. The van der Waals surface area contributed by atoms with Crippen LogP contribution in [0.25, 0.3) is 0 Å². The third-order valence-corrected chi connectivity index (χ3v) is 6.54. The molecule has 3 aliphatic rings. The van der Waals surface area contributed by atoms with Crippen molar-refractivity contribution in [2.75, 3.05) is 0 Å². The van der Waals surface area contributed by atoms with Crippen LogP contribution in [-0.2, 0) is 15.0 Å². The Morgan fingerprint density at radius 3 is 2.40 bits per heavy atom. The van der Waals surface area contributed by atoms with E-state index in [9.17, 15) is 24.6 Å². The molecule has 4 rings (SSSR count). The first-order valence-corrected chi connectivity index (χ1v) is 10.2. The highest BCUT2D eigenvalue weighted by atomic mass is 16.5. The van der Waals surface area contributed by atoms with Crippen LogP contribution < -0.4 is 10.1 Å². The van der Waals surface area contributed by atoms with Crippen LogP contribution in [0.5, 0.6) is 17.2 Å². The second-order valence-corrected chi connectivity index (χ2v) is 8.51. The second-order valence-electron chi connectivity index (χ2n) is 8.51. The molecule has 1 heterocycles. The van der Waals surface area contributed by atoms with E-state index in [1.54, 1.807) is 13.8 Å². The monoisotopic (exact) mass is 411 g/mol. The molecule has 1 unspecified atom stereocenters. The van der Waals surface area contributed by atoms with Crippen molar-refractivity contribution in [1.29, 1.82) is 0 Å². The SMILES string of the molecule is CC(=O)c1c(O)c(C)c(O)c2c1OC1=CC(=O)C(=C(C)NC3CCCC3)C(=O)C12C. The van der Waals surface area contributed by atoms with Gasteiger partial charge in [0.1, 0.15) is 34.0 Å². The number of carbonyl (C=O) groups excluding carboxylic acids is 3. The Balaban J connectivity index is 1.91. The molecule has 7 heteroatoms. The van der Waals surface area contributed by atoms with E-state index in [-0.39, 0.29) is 45.6 Å². The van der Waals surface area contributed by atoms with Gasteiger partial charge in [0.15, 0.2) is 17.3 Å². The van der Waals surface area contributed by atoms with E-state index in [2.05, 4.69) is 5.32 Å². The van der Waals surface area contributed by atoms with E-state index in [1.165, 1.54) is 19.9 Å². The van der Waals surface area contributed by atoms with Gasteiger partial charge in [-0.15, -0.1) is 0 Å². The number of rotatable bonds is 3. The van der Waals surface area contributed by atoms with Crippen molar-refractivity contribution in [2.45, 2.75) is 64.8 Å². The molecule has 0 amide bonds. The molecule has 30 heavy (non-hydrogen) atoms. The number of Topliss-reactive ketones (excluding diaryl/α,β-unsaturated/α-hetero) is 2. The van der Waals surface area contributed by atoms with E-state index in [0.29, 0.717) is 5.70 Å². The van der Waals surface area contributed by atoms with Gasteiger partial charge >= 0.3 is 0 Å². The number of phenols is 2. The number of ether oxygens (including phenoxy) is 1. The van der Waals surface area contributed by atoms with Gasteiger partial charge in [-0.1, -0.05) is 12.8 Å². The van der Waals surface area contributed by atoms with Crippen LogP contribution >= 0.6 is 0 Å². The maximum atomic E-state index is 13.6. The first kappa shape index (κ1) is 20.2. The fourth-order valence-electron chi connectivity index (χ4n) is 4.81. The number of phenolic OH excluding ortho intramolecular Hbond substituents is 2. The standard InChI is InChI=1S/C23H25NO6/c1-10-19(27)17(12(3)25)21-18(20(10)28)23(4)15(30-21)9-14(26)16(22(23)29)11(2)24-13-7-5-6-8-13/h9,13,24,27-28H,5-8H2,1-4H3. The summed E-state index contributed by atoms with van der Waals surface area (Å²) in [6.07, 6.45) is 5.43. The zero-order valence-electron chi connectivity index (χ0n) is 17.5. The molecule has 0 aromatic heterocycles. The summed E-state index contributed by atoms with van der Waals surface area (Å²) < 4.78 is 5.76. The van der Waals surface area contributed by atoms with Crippen molar-refractivity contribution in [2.24, 2.45) is 0 Å². The number of allylic oxidation sites excluding steroid dienone is 4. The van der Waals surface area contributed by atoms with Gasteiger partial charge in [-0.25, -0.2) is 0 Å². The number of aromatic hydroxyl groups is 2. The molecule has 158 valence electrons. The van der Waals surface area contributed by atoms with Crippen molar-refractivity contribution >= 4 is 17.3 Å². The summed E-state index contributed by atoms with van der Waals surface area (Å²) in [5.41, 5.74) is -0.852. The topological polar surface area (TPSA) is 113 Å². The highest BCUT2D eigenvalue weighted by molar-refractivity contribution is 6.31. The molecule has 1 saturated carbocycles. The minimum absolute atomic E-state index is 0.0269. The van der Waals surface area contributed by atoms with Gasteiger partial charge in [0.2, 0.25) is 0 Å². The van der Waals surface area contributed by atoms with Crippen molar-refractivity contribution in [3.63, 3.8) is 0 Å². The fraction of sp³-hybridized carbons (Fsp3) is 0.435. The molecule has 0 bridgehead atoms. The smallest absolute Gasteiger partial charge is 0.194 e. The average molecular weight is 411 g/mol. The van der Waals surface area contributed by atoms with Crippen molar-refractivity contribution in [3.8, 4) is 17.2 Å². The van der Waals surface area contributed by atoms with Gasteiger partial charge < -0.3 is 20.3 Å². The Hall–Kier alpha value is -3.09. The molecule has 1 aromatic rings. The third kappa shape index (κ3) is 2.61. The van der Waals surface area contributed by atoms with E-state index < -0.39 is 28.5 Å². The van der Waals surface area contributed by atoms with Gasteiger partial charge in [-0.2, -0.15) is 0 Å². The van der Waals surface area contributed by atoms with Gasteiger partial charge in [0.05, 0.1) is 11.1 Å². The molecule has 3 N–H and O–H groups in total. The summed E-state index contributed by atoms with van der Waals surface area (Å²) in [5.74, 6) is -2.18. The zero-order valence-corrected chi connectivity index (χ0v) is 17.5. The molecule has 1 aliphatic heterocycles.